The summed E-state index contributed by atoms with van der Waals surface area (Å²) in [6.45, 7) is 4.31. The van der Waals surface area contributed by atoms with E-state index in [1.807, 2.05) is 60.9 Å². The monoisotopic (exact) mass is 279 g/mol. The van der Waals surface area contributed by atoms with Gasteiger partial charge in [0.15, 0.2) is 0 Å². The second-order valence-electron chi connectivity index (χ2n) is 5.13. The van der Waals surface area contributed by atoms with Crippen LogP contribution >= 0.6 is 0 Å². The number of fused-ring (bicyclic) bond motifs is 1. The molecule has 0 atom stereocenters. The quantitative estimate of drug-likeness (QED) is 0.799. The van der Waals surface area contributed by atoms with Crippen LogP contribution in [0.15, 0.2) is 48.7 Å². The molecule has 106 valence electrons. The van der Waals surface area contributed by atoms with Gasteiger partial charge < -0.3 is 9.88 Å². The Morgan fingerprint density at radius 3 is 2.57 bits per heavy atom. The summed E-state index contributed by atoms with van der Waals surface area (Å²) >= 11 is 0. The average molecular weight is 279 g/mol. The van der Waals surface area contributed by atoms with Crippen molar-refractivity contribution >= 4 is 22.5 Å². The molecule has 1 N–H and O–H groups in total. The lowest BCUT2D eigenvalue weighted by Gasteiger charge is -2.11. The van der Waals surface area contributed by atoms with Gasteiger partial charge in [-0.15, -0.1) is 0 Å². The summed E-state index contributed by atoms with van der Waals surface area (Å²) in [7, 11) is 0. The van der Waals surface area contributed by atoms with Gasteiger partial charge in [-0.2, -0.15) is 0 Å². The number of hydrogen-bond donors (Lipinski definition) is 1. The number of carbonyl (C=O) groups is 1. The summed E-state index contributed by atoms with van der Waals surface area (Å²) in [5.41, 5.74) is 3.73. The van der Waals surface area contributed by atoms with Crippen molar-refractivity contribution in [2.24, 2.45) is 0 Å². The third kappa shape index (κ3) is 2.65. The number of rotatable bonds is 3. The first-order valence-corrected chi connectivity index (χ1v) is 6.91. The minimum absolute atomic E-state index is 0.0458. The number of nitrogens with zero attached hydrogens (tertiary/aromatic N) is 2. The second kappa shape index (κ2) is 5.40. The van der Waals surface area contributed by atoms with Crippen LogP contribution in [0.2, 0.25) is 0 Å². The molecule has 3 rings (SSSR count). The molecule has 4 heteroatoms. The summed E-state index contributed by atoms with van der Waals surface area (Å²) in [5.74, 6) is -0.0458. The fourth-order valence-electron chi connectivity index (χ4n) is 2.49. The van der Waals surface area contributed by atoms with E-state index in [0.29, 0.717) is 6.54 Å². The Hall–Kier alpha value is -2.62. The highest BCUT2D eigenvalue weighted by molar-refractivity contribution is 6.00. The zero-order valence-corrected chi connectivity index (χ0v) is 12.1. The molecule has 3 aromatic rings. The van der Waals surface area contributed by atoms with E-state index < -0.39 is 0 Å². The van der Waals surface area contributed by atoms with E-state index in [-0.39, 0.29) is 5.91 Å². The fourth-order valence-corrected chi connectivity index (χ4v) is 2.49. The summed E-state index contributed by atoms with van der Waals surface area (Å²) in [5, 5.41) is 3.97. The smallest absolute Gasteiger partial charge is 0.244 e. The Bertz CT molecular complexity index is 780. The van der Waals surface area contributed by atoms with Gasteiger partial charge in [0, 0.05) is 23.0 Å². The fraction of sp³-hybridized carbons (Fsp3) is 0.176. The van der Waals surface area contributed by atoms with Crippen LogP contribution in [0.1, 0.15) is 11.4 Å². The van der Waals surface area contributed by atoms with Gasteiger partial charge in [-0.1, -0.05) is 18.2 Å². The van der Waals surface area contributed by atoms with Gasteiger partial charge in [0.25, 0.3) is 0 Å². The van der Waals surface area contributed by atoms with E-state index >= 15 is 0 Å². The van der Waals surface area contributed by atoms with Crippen LogP contribution in [0.25, 0.3) is 10.9 Å². The van der Waals surface area contributed by atoms with Crippen molar-refractivity contribution < 1.29 is 4.79 Å². The standard InChI is InChI=1S/C17H17N3O/c1-12-8-9-13(2)20(12)11-16(21)19-15-7-3-5-14-6-4-10-18-17(14)15/h3-10H,11H2,1-2H3,(H,19,21). The summed E-state index contributed by atoms with van der Waals surface area (Å²) in [4.78, 5) is 16.6. The molecule has 0 spiro atoms. The van der Waals surface area contributed by atoms with Gasteiger partial charge in [-0.05, 0) is 38.1 Å². The molecule has 0 saturated carbocycles. The first kappa shape index (κ1) is 13.4. The van der Waals surface area contributed by atoms with Crippen LogP contribution in [-0.4, -0.2) is 15.5 Å². The lowest BCUT2D eigenvalue weighted by molar-refractivity contribution is -0.116. The van der Waals surface area contributed by atoms with Crippen LogP contribution < -0.4 is 5.32 Å². The van der Waals surface area contributed by atoms with Gasteiger partial charge >= 0.3 is 0 Å². The Kier molecular flexibility index (Phi) is 3.44. The molecule has 1 amide bonds. The van der Waals surface area contributed by atoms with E-state index in [1.165, 1.54) is 0 Å². The molecule has 0 radical (unpaired) electrons. The molecule has 0 aliphatic rings. The van der Waals surface area contributed by atoms with Gasteiger partial charge in [0.05, 0.1) is 11.2 Å². The molecule has 2 aromatic heterocycles. The normalized spacial score (nSPS) is 10.8. The van der Waals surface area contributed by atoms with Crippen LogP contribution in [0, 0.1) is 13.8 Å². The van der Waals surface area contributed by atoms with Crippen molar-refractivity contribution in [2.45, 2.75) is 20.4 Å². The van der Waals surface area contributed by atoms with E-state index in [4.69, 9.17) is 0 Å². The molecular formula is C17H17N3O. The number of nitrogens with one attached hydrogen (secondary N) is 1. The number of aromatic nitrogens is 2. The SMILES string of the molecule is Cc1ccc(C)n1CC(=O)Nc1cccc2cccnc12. The lowest BCUT2D eigenvalue weighted by Crippen LogP contribution is -2.20. The van der Waals surface area contributed by atoms with Crippen molar-refractivity contribution in [1.29, 1.82) is 0 Å². The molecule has 0 aliphatic heterocycles. The summed E-state index contributed by atoms with van der Waals surface area (Å²) in [6.07, 6.45) is 1.73. The highest BCUT2D eigenvalue weighted by atomic mass is 16.1. The molecule has 0 fully saturated rings. The number of pyridine rings is 1. The highest BCUT2D eigenvalue weighted by Crippen LogP contribution is 2.20. The maximum absolute atomic E-state index is 12.3. The van der Waals surface area contributed by atoms with Crippen LogP contribution in [0.5, 0.6) is 0 Å². The van der Waals surface area contributed by atoms with Gasteiger partial charge in [-0.25, -0.2) is 0 Å². The summed E-state index contributed by atoms with van der Waals surface area (Å²) < 4.78 is 1.99. The maximum atomic E-state index is 12.3. The number of para-hydroxylation sites is 1. The van der Waals surface area contributed by atoms with Crippen molar-refractivity contribution in [1.82, 2.24) is 9.55 Å². The lowest BCUT2D eigenvalue weighted by atomic mass is 10.2. The largest absolute Gasteiger partial charge is 0.340 e. The third-order valence-electron chi connectivity index (χ3n) is 3.63. The van der Waals surface area contributed by atoms with Crippen LogP contribution in [0.3, 0.4) is 0 Å². The molecule has 0 aliphatic carbocycles. The molecule has 21 heavy (non-hydrogen) atoms. The van der Waals surface area contributed by atoms with Crippen LogP contribution in [0.4, 0.5) is 5.69 Å². The summed E-state index contributed by atoms with van der Waals surface area (Å²) in [6, 6.07) is 13.7. The van der Waals surface area contributed by atoms with Crippen molar-refractivity contribution in [3.8, 4) is 0 Å². The Morgan fingerprint density at radius 2 is 1.81 bits per heavy atom. The molecule has 1 aromatic carbocycles. The number of benzene rings is 1. The highest BCUT2D eigenvalue weighted by Gasteiger charge is 2.09. The molecule has 0 bridgehead atoms. The predicted molar refractivity (Wildman–Crippen MR) is 84.3 cm³/mol. The zero-order chi connectivity index (χ0) is 14.8. The molecule has 2 heterocycles. The van der Waals surface area contributed by atoms with Crippen LogP contribution in [-0.2, 0) is 11.3 Å². The Labute approximate surface area is 123 Å². The Balaban J connectivity index is 1.84. The second-order valence-corrected chi connectivity index (χ2v) is 5.13. The topological polar surface area (TPSA) is 46.9 Å². The number of anilines is 1. The minimum atomic E-state index is -0.0458. The van der Waals surface area contributed by atoms with E-state index in [1.54, 1.807) is 6.20 Å². The zero-order valence-electron chi connectivity index (χ0n) is 12.1. The molecule has 0 saturated heterocycles. The maximum Gasteiger partial charge on any atom is 0.244 e. The average Bonchev–Trinajstić information content (AvgIpc) is 2.79. The van der Waals surface area contributed by atoms with Crippen molar-refractivity contribution in [3.63, 3.8) is 0 Å². The Morgan fingerprint density at radius 1 is 1.10 bits per heavy atom. The first-order chi connectivity index (χ1) is 10.1. The number of carbonyl (C=O) groups excluding carboxylic acids is 1. The molecule has 0 unspecified atom stereocenters. The van der Waals surface area contributed by atoms with Gasteiger partial charge in [-0.3, -0.25) is 9.78 Å². The number of amides is 1. The van der Waals surface area contributed by atoms with Crippen molar-refractivity contribution in [3.05, 3.63) is 60.0 Å². The number of hydrogen-bond acceptors (Lipinski definition) is 2. The van der Waals surface area contributed by atoms with E-state index in [9.17, 15) is 4.79 Å². The predicted octanol–water partition coefficient (Wildman–Crippen LogP) is 3.29. The van der Waals surface area contributed by atoms with Gasteiger partial charge in [0.2, 0.25) is 5.91 Å². The van der Waals surface area contributed by atoms with E-state index in [0.717, 1.165) is 28.0 Å². The number of aryl methyl sites for hydroxylation is 2. The third-order valence-corrected chi connectivity index (χ3v) is 3.63. The molecule has 4 nitrogen and oxygen atoms in total. The van der Waals surface area contributed by atoms with E-state index in [2.05, 4.69) is 10.3 Å². The van der Waals surface area contributed by atoms with Crippen molar-refractivity contribution in [2.75, 3.05) is 5.32 Å². The van der Waals surface area contributed by atoms with Gasteiger partial charge in [0.1, 0.15) is 6.54 Å². The molecular weight excluding hydrogens is 262 g/mol. The first-order valence-electron chi connectivity index (χ1n) is 6.91. The minimum Gasteiger partial charge on any atom is -0.340 e.